The Bertz CT molecular complexity index is 446. The highest BCUT2D eigenvalue weighted by molar-refractivity contribution is 5.58. The van der Waals surface area contributed by atoms with Crippen LogP contribution in [0.15, 0.2) is 6.33 Å². The largest absolute Gasteiger partial charge is 0.383 e. The van der Waals surface area contributed by atoms with Crippen LogP contribution in [0.1, 0.15) is 51.0 Å². The molecule has 0 radical (unpaired) electrons. The quantitative estimate of drug-likeness (QED) is 0.908. The van der Waals surface area contributed by atoms with E-state index < -0.39 is 0 Å². The van der Waals surface area contributed by atoms with Gasteiger partial charge in [0.2, 0.25) is 0 Å². The summed E-state index contributed by atoms with van der Waals surface area (Å²) in [5, 5.41) is 0. The summed E-state index contributed by atoms with van der Waals surface area (Å²) in [7, 11) is 0. The van der Waals surface area contributed by atoms with Crippen molar-refractivity contribution in [1.82, 2.24) is 9.97 Å². The molecule has 1 aliphatic heterocycles. The topological polar surface area (TPSA) is 55.0 Å². The third kappa shape index (κ3) is 2.28. The van der Waals surface area contributed by atoms with Crippen LogP contribution in [0.25, 0.3) is 0 Å². The fourth-order valence-electron chi connectivity index (χ4n) is 3.82. The minimum Gasteiger partial charge on any atom is -0.383 e. The van der Waals surface area contributed by atoms with Gasteiger partial charge in [-0.05, 0) is 31.6 Å². The Morgan fingerprint density at radius 3 is 2.95 bits per heavy atom. The smallest absolute Gasteiger partial charge is 0.137 e. The molecular formula is C15H24N4. The van der Waals surface area contributed by atoms with Gasteiger partial charge in [-0.1, -0.05) is 26.2 Å². The van der Waals surface area contributed by atoms with Crippen molar-refractivity contribution in [3.05, 3.63) is 11.9 Å². The molecule has 2 N–H and O–H groups in total. The van der Waals surface area contributed by atoms with Crippen molar-refractivity contribution < 1.29 is 0 Å². The van der Waals surface area contributed by atoms with Gasteiger partial charge in [0.15, 0.2) is 0 Å². The average molecular weight is 260 g/mol. The van der Waals surface area contributed by atoms with E-state index in [1.165, 1.54) is 32.1 Å². The summed E-state index contributed by atoms with van der Waals surface area (Å²) in [6.07, 6.45) is 10.5. The molecule has 1 aromatic heterocycles. The summed E-state index contributed by atoms with van der Waals surface area (Å²) >= 11 is 0. The monoisotopic (exact) mass is 260 g/mol. The molecule has 0 amide bonds. The van der Waals surface area contributed by atoms with Gasteiger partial charge in [0.1, 0.15) is 18.0 Å². The summed E-state index contributed by atoms with van der Waals surface area (Å²) in [6, 6.07) is 0.693. The number of nitrogens with zero attached hydrogens (tertiary/aromatic N) is 3. The Hall–Kier alpha value is -1.32. The van der Waals surface area contributed by atoms with Crippen LogP contribution < -0.4 is 10.6 Å². The first-order chi connectivity index (χ1) is 9.31. The van der Waals surface area contributed by atoms with Crippen LogP contribution in [0.4, 0.5) is 11.6 Å². The highest BCUT2D eigenvalue weighted by atomic mass is 15.2. The zero-order chi connectivity index (χ0) is 13.2. The predicted octanol–water partition coefficient (Wildman–Crippen LogP) is 2.78. The van der Waals surface area contributed by atoms with E-state index in [0.29, 0.717) is 11.9 Å². The second-order valence-corrected chi connectivity index (χ2v) is 5.91. The van der Waals surface area contributed by atoms with E-state index in [-0.39, 0.29) is 0 Å². The van der Waals surface area contributed by atoms with Crippen LogP contribution in [-0.2, 0) is 6.42 Å². The Kier molecular flexibility index (Phi) is 3.58. The molecule has 1 saturated heterocycles. The first-order valence-electron chi connectivity index (χ1n) is 7.67. The number of hydrogen-bond donors (Lipinski definition) is 1. The standard InChI is InChI=1S/C15H24N4/c1-2-5-12-14(16)17-10-18-15(12)19-9-8-11-6-3-4-7-13(11)19/h10-11,13H,2-9H2,1H3,(H2,16,17,18). The fraction of sp³-hybridized carbons (Fsp3) is 0.733. The van der Waals surface area contributed by atoms with Gasteiger partial charge in [-0.15, -0.1) is 0 Å². The van der Waals surface area contributed by atoms with E-state index >= 15 is 0 Å². The van der Waals surface area contributed by atoms with Crippen molar-refractivity contribution in [2.24, 2.45) is 5.92 Å². The molecule has 4 nitrogen and oxygen atoms in total. The van der Waals surface area contributed by atoms with Crippen LogP contribution in [0.5, 0.6) is 0 Å². The van der Waals surface area contributed by atoms with Crippen molar-refractivity contribution in [2.75, 3.05) is 17.2 Å². The number of nitrogens with two attached hydrogens (primary N) is 1. The fourth-order valence-corrected chi connectivity index (χ4v) is 3.82. The van der Waals surface area contributed by atoms with Crippen LogP contribution in [0, 0.1) is 5.92 Å². The first kappa shape index (κ1) is 12.7. The van der Waals surface area contributed by atoms with Gasteiger partial charge >= 0.3 is 0 Å². The zero-order valence-corrected chi connectivity index (χ0v) is 11.8. The molecule has 2 fully saturated rings. The van der Waals surface area contributed by atoms with Gasteiger partial charge in [-0.3, -0.25) is 0 Å². The lowest BCUT2D eigenvalue weighted by atomic mass is 9.85. The Labute approximate surface area is 115 Å². The normalized spacial score (nSPS) is 26.5. The van der Waals surface area contributed by atoms with Crippen molar-refractivity contribution in [3.63, 3.8) is 0 Å². The van der Waals surface area contributed by atoms with Crippen LogP contribution in [0.2, 0.25) is 0 Å². The van der Waals surface area contributed by atoms with Gasteiger partial charge in [-0.2, -0.15) is 0 Å². The Morgan fingerprint density at radius 1 is 1.26 bits per heavy atom. The number of aromatic nitrogens is 2. The van der Waals surface area contributed by atoms with Gasteiger partial charge in [0.05, 0.1) is 0 Å². The minimum absolute atomic E-state index is 0.672. The van der Waals surface area contributed by atoms with Crippen LogP contribution >= 0.6 is 0 Å². The van der Waals surface area contributed by atoms with Crippen molar-refractivity contribution >= 4 is 11.6 Å². The maximum absolute atomic E-state index is 6.07. The van der Waals surface area contributed by atoms with E-state index in [1.807, 2.05) is 0 Å². The van der Waals surface area contributed by atoms with Crippen LogP contribution in [0.3, 0.4) is 0 Å². The highest BCUT2D eigenvalue weighted by Gasteiger charge is 2.37. The third-order valence-electron chi connectivity index (χ3n) is 4.74. The molecule has 2 unspecified atom stereocenters. The molecule has 2 aliphatic rings. The molecule has 0 bridgehead atoms. The van der Waals surface area contributed by atoms with E-state index in [2.05, 4.69) is 21.8 Å². The predicted molar refractivity (Wildman–Crippen MR) is 78.1 cm³/mol. The molecule has 0 aromatic carbocycles. The molecule has 1 aromatic rings. The summed E-state index contributed by atoms with van der Waals surface area (Å²) in [5.74, 6) is 2.66. The van der Waals surface area contributed by atoms with Crippen molar-refractivity contribution in [1.29, 1.82) is 0 Å². The lowest BCUT2D eigenvalue weighted by molar-refractivity contribution is 0.341. The second kappa shape index (κ2) is 5.35. The zero-order valence-electron chi connectivity index (χ0n) is 11.8. The van der Waals surface area contributed by atoms with Gasteiger partial charge in [0.25, 0.3) is 0 Å². The molecule has 19 heavy (non-hydrogen) atoms. The molecule has 3 rings (SSSR count). The summed E-state index contributed by atoms with van der Waals surface area (Å²) < 4.78 is 0. The van der Waals surface area contributed by atoms with Gasteiger partial charge in [-0.25, -0.2) is 9.97 Å². The number of rotatable bonds is 3. The van der Waals surface area contributed by atoms with E-state index in [0.717, 1.165) is 36.7 Å². The number of nitrogen functional groups attached to an aromatic ring is 1. The van der Waals surface area contributed by atoms with E-state index in [4.69, 9.17) is 5.73 Å². The maximum Gasteiger partial charge on any atom is 0.137 e. The molecule has 4 heteroatoms. The second-order valence-electron chi connectivity index (χ2n) is 5.91. The van der Waals surface area contributed by atoms with E-state index in [1.54, 1.807) is 6.33 Å². The molecule has 0 spiro atoms. The number of anilines is 2. The van der Waals surface area contributed by atoms with E-state index in [9.17, 15) is 0 Å². The minimum atomic E-state index is 0.672. The lowest BCUT2D eigenvalue weighted by Gasteiger charge is -2.33. The highest BCUT2D eigenvalue weighted by Crippen LogP contribution is 2.39. The summed E-state index contributed by atoms with van der Waals surface area (Å²) in [4.78, 5) is 11.3. The van der Waals surface area contributed by atoms with Gasteiger partial charge < -0.3 is 10.6 Å². The lowest BCUT2D eigenvalue weighted by Crippen LogP contribution is -2.36. The molecule has 1 saturated carbocycles. The molecule has 2 heterocycles. The molecular weight excluding hydrogens is 236 g/mol. The molecule has 1 aliphatic carbocycles. The van der Waals surface area contributed by atoms with Gasteiger partial charge in [0, 0.05) is 18.2 Å². The number of hydrogen-bond acceptors (Lipinski definition) is 4. The first-order valence-corrected chi connectivity index (χ1v) is 7.67. The van der Waals surface area contributed by atoms with Crippen LogP contribution in [-0.4, -0.2) is 22.6 Å². The average Bonchev–Trinajstić information content (AvgIpc) is 2.85. The maximum atomic E-state index is 6.07. The number of fused-ring (bicyclic) bond motifs is 1. The summed E-state index contributed by atoms with van der Waals surface area (Å²) in [5.41, 5.74) is 7.23. The van der Waals surface area contributed by atoms with Crippen molar-refractivity contribution in [3.8, 4) is 0 Å². The SMILES string of the molecule is CCCc1c(N)ncnc1N1CCC2CCCCC21. The molecule has 104 valence electrons. The third-order valence-corrected chi connectivity index (χ3v) is 4.74. The molecule has 2 atom stereocenters. The Morgan fingerprint density at radius 2 is 2.11 bits per heavy atom. The van der Waals surface area contributed by atoms with Crippen molar-refractivity contribution in [2.45, 2.75) is 57.9 Å². The summed E-state index contributed by atoms with van der Waals surface area (Å²) in [6.45, 7) is 3.33. The Balaban J connectivity index is 1.91.